The number of nitrogens with zero attached hydrogens (tertiary/aromatic N) is 2. The topological polar surface area (TPSA) is 91.8 Å². The van der Waals surface area contributed by atoms with Crippen LogP contribution in [0.1, 0.15) is 23.3 Å². The third kappa shape index (κ3) is 3.67. The lowest BCUT2D eigenvalue weighted by Gasteiger charge is -2.26. The molecule has 108 valence electrons. The van der Waals surface area contributed by atoms with Gasteiger partial charge in [0.2, 0.25) is 5.91 Å². The highest BCUT2D eigenvalue weighted by Crippen LogP contribution is 2.11. The highest BCUT2D eigenvalue weighted by atomic mass is 16.5. The number of hydrogen-bond donors (Lipinski definition) is 2. The molecule has 1 saturated heterocycles. The van der Waals surface area contributed by atoms with Gasteiger partial charge >= 0.3 is 0 Å². The highest BCUT2D eigenvalue weighted by Gasteiger charge is 2.17. The first-order chi connectivity index (χ1) is 9.68. The Bertz CT molecular complexity index is 486. The van der Waals surface area contributed by atoms with Crippen LogP contribution in [-0.2, 0) is 9.53 Å². The molecule has 0 bridgehead atoms. The first-order valence-electron chi connectivity index (χ1n) is 6.46. The van der Waals surface area contributed by atoms with Crippen LogP contribution < -0.4 is 5.32 Å². The molecule has 2 rings (SSSR count). The van der Waals surface area contributed by atoms with Crippen LogP contribution in [0, 0.1) is 0 Å². The highest BCUT2D eigenvalue weighted by molar-refractivity contribution is 5.94. The maximum absolute atomic E-state index is 11.8. The quantitative estimate of drug-likeness (QED) is 0.816. The summed E-state index contributed by atoms with van der Waals surface area (Å²) < 4.78 is 5.19. The van der Waals surface area contributed by atoms with E-state index in [1.54, 1.807) is 4.90 Å². The summed E-state index contributed by atoms with van der Waals surface area (Å²) in [5.74, 6) is -0.734. The number of carbonyl (C=O) groups excluding carboxylic acids is 2. The van der Waals surface area contributed by atoms with Gasteiger partial charge in [0.1, 0.15) is 12.5 Å². The van der Waals surface area contributed by atoms with E-state index in [2.05, 4.69) is 10.3 Å². The molecule has 2 amide bonds. The monoisotopic (exact) mass is 279 g/mol. The zero-order valence-corrected chi connectivity index (χ0v) is 11.0. The fraction of sp³-hybridized carbons (Fsp3) is 0.462. The van der Waals surface area contributed by atoms with Crippen LogP contribution in [0.3, 0.4) is 0 Å². The molecule has 1 fully saturated rings. The van der Waals surface area contributed by atoms with E-state index in [1.165, 1.54) is 18.3 Å². The number of pyridine rings is 1. The third-order valence-electron chi connectivity index (χ3n) is 2.94. The number of aromatic nitrogens is 1. The van der Waals surface area contributed by atoms with Gasteiger partial charge in [-0.3, -0.25) is 9.59 Å². The summed E-state index contributed by atoms with van der Waals surface area (Å²) in [5.41, 5.74) is -0.0405. The standard InChI is InChI=1S/C13H17N3O4/c17-10-3-1-5-14-12(10)13(19)15-6-4-11(18)16-7-2-8-20-9-16/h1,3,5,17H,2,4,6-9H2,(H,15,19). The molecular weight excluding hydrogens is 262 g/mol. The number of ether oxygens (including phenoxy) is 1. The van der Waals surface area contributed by atoms with E-state index in [1.807, 2.05) is 0 Å². The zero-order valence-electron chi connectivity index (χ0n) is 11.0. The molecule has 0 radical (unpaired) electrons. The van der Waals surface area contributed by atoms with E-state index in [9.17, 15) is 14.7 Å². The van der Waals surface area contributed by atoms with Crippen LogP contribution in [0.5, 0.6) is 5.75 Å². The normalized spacial score (nSPS) is 14.9. The van der Waals surface area contributed by atoms with E-state index in [-0.39, 0.29) is 30.3 Å². The van der Waals surface area contributed by atoms with Gasteiger partial charge in [-0.05, 0) is 18.6 Å². The molecule has 7 heteroatoms. The average molecular weight is 279 g/mol. The summed E-state index contributed by atoms with van der Waals surface area (Å²) >= 11 is 0. The molecule has 1 aliphatic heterocycles. The van der Waals surface area contributed by atoms with Crippen LogP contribution in [0.15, 0.2) is 18.3 Å². The van der Waals surface area contributed by atoms with Gasteiger partial charge < -0.3 is 20.1 Å². The molecule has 0 unspecified atom stereocenters. The van der Waals surface area contributed by atoms with Gasteiger partial charge in [-0.15, -0.1) is 0 Å². The Morgan fingerprint density at radius 3 is 3.05 bits per heavy atom. The average Bonchev–Trinajstić information content (AvgIpc) is 2.48. The Morgan fingerprint density at radius 2 is 2.35 bits per heavy atom. The molecule has 2 heterocycles. The summed E-state index contributed by atoms with van der Waals surface area (Å²) in [7, 11) is 0. The van der Waals surface area contributed by atoms with E-state index >= 15 is 0 Å². The van der Waals surface area contributed by atoms with Crippen LogP contribution >= 0.6 is 0 Å². The van der Waals surface area contributed by atoms with Gasteiger partial charge in [-0.2, -0.15) is 0 Å². The van der Waals surface area contributed by atoms with E-state index < -0.39 is 5.91 Å². The number of rotatable bonds is 4. The van der Waals surface area contributed by atoms with Gasteiger partial charge in [0.05, 0.1) is 6.61 Å². The van der Waals surface area contributed by atoms with Crippen molar-refractivity contribution in [2.24, 2.45) is 0 Å². The number of carbonyl (C=O) groups is 2. The van der Waals surface area contributed by atoms with E-state index in [0.29, 0.717) is 19.9 Å². The number of amides is 2. The fourth-order valence-corrected chi connectivity index (χ4v) is 1.89. The van der Waals surface area contributed by atoms with E-state index in [0.717, 1.165) is 6.42 Å². The fourth-order valence-electron chi connectivity index (χ4n) is 1.89. The number of aromatic hydroxyl groups is 1. The van der Waals surface area contributed by atoms with Crippen LogP contribution in [-0.4, -0.2) is 53.2 Å². The molecule has 0 spiro atoms. The Kier molecular flexibility index (Phi) is 4.89. The molecule has 0 saturated carbocycles. The Morgan fingerprint density at radius 1 is 1.50 bits per heavy atom. The number of hydrogen-bond acceptors (Lipinski definition) is 5. The molecule has 0 aliphatic carbocycles. The van der Waals surface area contributed by atoms with Gasteiger partial charge in [0, 0.05) is 25.7 Å². The molecular formula is C13H17N3O4. The van der Waals surface area contributed by atoms with Crippen molar-refractivity contribution in [3.8, 4) is 5.75 Å². The molecule has 0 aromatic carbocycles. The maximum Gasteiger partial charge on any atom is 0.273 e. The van der Waals surface area contributed by atoms with Gasteiger partial charge in [0.25, 0.3) is 5.91 Å². The summed E-state index contributed by atoms with van der Waals surface area (Å²) in [4.78, 5) is 29.0. The van der Waals surface area contributed by atoms with Crippen molar-refractivity contribution in [3.05, 3.63) is 24.0 Å². The largest absolute Gasteiger partial charge is 0.505 e. The van der Waals surface area contributed by atoms with Crippen LogP contribution in [0.2, 0.25) is 0 Å². The lowest BCUT2D eigenvalue weighted by atomic mass is 10.3. The minimum Gasteiger partial charge on any atom is -0.505 e. The summed E-state index contributed by atoms with van der Waals surface area (Å²) in [5, 5.41) is 12.0. The Balaban J connectivity index is 1.76. The lowest BCUT2D eigenvalue weighted by Crippen LogP contribution is -2.39. The van der Waals surface area contributed by atoms with E-state index in [4.69, 9.17) is 4.74 Å². The molecule has 20 heavy (non-hydrogen) atoms. The third-order valence-corrected chi connectivity index (χ3v) is 2.94. The van der Waals surface area contributed by atoms with Crippen molar-refractivity contribution in [1.29, 1.82) is 0 Å². The van der Waals surface area contributed by atoms with Gasteiger partial charge in [0.15, 0.2) is 5.69 Å². The second-order valence-corrected chi connectivity index (χ2v) is 4.43. The summed E-state index contributed by atoms with van der Waals surface area (Å²) in [6, 6.07) is 2.92. The number of nitrogens with one attached hydrogen (secondary N) is 1. The van der Waals surface area contributed by atoms with Crippen molar-refractivity contribution >= 4 is 11.8 Å². The Hall–Kier alpha value is -2.15. The Labute approximate surface area is 116 Å². The van der Waals surface area contributed by atoms with Gasteiger partial charge in [-0.25, -0.2) is 4.98 Å². The second-order valence-electron chi connectivity index (χ2n) is 4.43. The van der Waals surface area contributed by atoms with Gasteiger partial charge in [-0.1, -0.05) is 0 Å². The second kappa shape index (κ2) is 6.85. The minimum atomic E-state index is -0.495. The lowest BCUT2D eigenvalue weighted by molar-refractivity contribution is -0.140. The van der Waals surface area contributed by atoms with Crippen LogP contribution in [0.25, 0.3) is 0 Å². The van der Waals surface area contributed by atoms with Crippen molar-refractivity contribution < 1.29 is 19.4 Å². The molecule has 1 aliphatic rings. The molecule has 0 atom stereocenters. The molecule has 1 aromatic rings. The summed E-state index contributed by atoms with van der Waals surface area (Å²) in [6.07, 6.45) is 2.45. The van der Waals surface area contributed by atoms with Crippen LogP contribution in [0.4, 0.5) is 0 Å². The molecule has 2 N–H and O–H groups in total. The SMILES string of the molecule is O=C(NCCC(=O)N1CCCOC1)c1ncccc1O. The van der Waals surface area contributed by atoms with Crippen molar-refractivity contribution in [2.75, 3.05) is 26.4 Å². The first kappa shape index (κ1) is 14.3. The summed E-state index contributed by atoms with van der Waals surface area (Å²) in [6.45, 7) is 1.88. The maximum atomic E-state index is 11.8. The van der Waals surface area contributed by atoms with Crippen molar-refractivity contribution in [3.63, 3.8) is 0 Å². The minimum absolute atomic E-state index is 0.0405. The van der Waals surface area contributed by atoms with Crippen molar-refractivity contribution in [1.82, 2.24) is 15.2 Å². The van der Waals surface area contributed by atoms with Crippen molar-refractivity contribution in [2.45, 2.75) is 12.8 Å². The molecule has 1 aromatic heterocycles. The molecule has 7 nitrogen and oxygen atoms in total. The first-order valence-corrected chi connectivity index (χ1v) is 6.46. The zero-order chi connectivity index (χ0) is 14.4. The smallest absolute Gasteiger partial charge is 0.273 e. The predicted octanol–water partition coefficient (Wildman–Crippen LogP) is 0.114. The predicted molar refractivity (Wildman–Crippen MR) is 70.0 cm³/mol.